The van der Waals surface area contributed by atoms with Crippen molar-refractivity contribution in [3.63, 3.8) is 0 Å². The molecule has 2 fully saturated rings. The molecular formula is C19H25NO4. The molecule has 0 radical (unpaired) electrons. The van der Waals surface area contributed by atoms with Crippen molar-refractivity contribution < 1.29 is 19.4 Å². The first-order valence-corrected chi connectivity index (χ1v) is 8.78. The molecule has 0 spiro atoms. The number of carbonyl (C=O) groups is 2. The van der Waals surface area contributed by atoms with Gasteiger partial charge < -0.3 is 14.7 Å². The molecule has 2 atom stereocenters. The summed E-state index contributed by atoms with van der Waals surface area (Å²) in [6.07, 6.45) is 7.58. The van der Waals surface area contributed by atoms with E-state index in [4.69, 9.17) is 9.84 Å². The van der Waals surface area contributed by atoms with Crippen molar-refractivity contribution in [2.24, 2.45) is 17.8 Å². The summed E-state index contributed by atoms with van der Waals surface area (Å²) in [5.41, 5.74) is 0.817. The van der Waals surface area contributed by atoms with E-state index in [-0.39, 0.29) is 18.4 Å². The zero-order valence-corrected chi connectivity index (χ0v) is 14.1. The Labute approximate surface area is 142 Å². The van der Waals surface area contributed by atoms with Crippen LogP contribution in [-0.4, -0.2) is 30.6 Å². The number of nitrogens with zero attached hydrogens (tertiary/aromatic N) is 1. The van der Waals surface area contributed by atoms with Crippen LogP contribution in [0.15, 0.2) is 24.3 Å². The number of benzene rings is 1. The lowest BCUT2D eigenvalue weighted by Crippen LogP contribution is -2.29. The maximum atomic E-state index is 12.7. The number of carboxylic acid groups (broad SMARTS) is 1. The summed E-state index contributed by atoms with van der Waals surface area (Å²) in [5, 5.41) is 8.61. The van der Waals surface area contributed by atoms with Gasteiger partial charge >= 0.3 is 5.97 Å². The van der Waals surface area contributed by atoms with E-state index >= 15 is 0 Å². The zero-order valence-electron chi connectivity index (χ0n) is 14.1. The van der Waals surface area contributed by atoms with Crippen LogP contribution in [0.4, 0.5) is 5.69 Å². The average Bonchev–Trinajstić information content (AvgIpc) is 3.40. The molecule has 1 aromatic carbocycles. The molecule has 2 saturated carbocycles. The molecule has 1 aromatic rings. The van der Waals surface area contributed by atoms with Crippen molar-refractivity contribution in [3.8, 4) is 5.75 Å². The van der Waals surface area contributed by atoms with Gasteiger partial charge in [0.05, 0.1) is 0 Å². The fraction of sp³-hybridized carbons (Fsp3) is 0.579. The number of amides is 1. The number of hydrogen-bond donors (Lipinski definition) is 1. The van der Waals surface area contributed by atoms with E-state index in [0.717, 1.165) is 18.0 Å². The maximum absolute atomic E-state index is 12.7. The van der Waals surface area contributed by atoms with Crippen LogP contribution < -0.4 is 9.64 Å². The summed E-state index contributed by atoms with van der Waals surface area (Å²) < 4.78 is 5.12. The predicted octanol–water partition coefficient (Wildman–Crippen LogP) is 3.33. The number of carboxylic acids is 1. The fourth-order valence-electron chi connectivity index (χ4n) is 3.87. The summed E-state index contributed by atoms with van der Waals surface area (Å²) in [7, 11) is 1.81. The van der Waals surface area contributed by atoms with Gasteiger partial charge in [0.2, 0.25) is 5.91 Å². The second-order valence-electron chi connectivity index (χ2n) is 6.98. The summed E-state index contributed by atoms with van der Waals surface area (Å²) >= 11 is 0. The van der Waals surface area contributed by atoms with Gasteiger partial charge in [0, 0.05) is 18.7 Å². The SMILES string of the molecule is CN(C(=O)C1CC1C1CCCCC1)c1ccc(OCC(=O)O)cc1. The largest absolute Gasteiger partial charge is 0.482 e. The van der Waals surface area contributed by atoms with Crippen LogP contribution in [-0.2, 0) is 9.59 Å². The third-order valence-electron chi connectivity index (χ3n) is 5.33. The molecule has 0 heterocycles. The minimum atomic E-state index is -1.01. The van der Waals surface area contributed by atoms with Crippen LogP contribution in [0.2, 0.25) is 0 Å². The molecule has 1 N–H and O–H groups in total. The highest BCUT2D eigenvalue weighted by atomic mass is 16.5. The highest BCUT2D eigenvalue weighted by molar-refractivity contribution is 5.96. The van der Waals surface area contributed by atoms with Crippen LogP contribution in [0.1, 0.15) is 38.5 Å². The number of ether oxygens (including phenoxy) is 1. The number of hydrogen-bond acceptors (Lipinski definition) is 3. The Balaban J connectivity index is 1.55. The Morgan fingerprint density at radius 1 is 1.17 bits per heavy atom. The first-order chi connectivity index (χ1) is 11.6. The normalized spacial score (nSPS) is 23.5. The number of aliphatic carboxylic acids is 1. The molecule has 1 amide bonds. The second kappa shape index (κ2) is 7.24. The van der Waals surface area contributed by atoms with Gasteiger partial charge in [-0.25, -0.2) is 4.79 Å². The number of anilines is 1. The van der Waals surface area contributed by atoms with Crippen LogP contribution in [0.3, 0.4) is 0 Å². The first-order valence-electron chi connectivity index (χ1n) is 8.78. The van der Waals surface area contributed by atoms with Gasteiger partial charge in [-0.2, -0.15) is 0 Å². The van der Waals surface area contributed by atoms with E-state index in [0.29, 0.717) is 11.7 Å². The van der Waals surface area contributed by atoms with E-state index in [1.165, 1.54) is 32.1 Å². The Morgan fingerprint density at radius 2 is 1.83 bits per heavy atom. The molecule has 3 rings (SSSR count). The lowest BCUT2D eigenvalue weighted by Gasteiger charge is -2.23. The van der Waals surface area contributed by atoms with Crippen LogP contribution in [0.5, 0.6) is 5.75 Å². The molecule has 5 heteroatoms. The molecule has 2 aliphatic rings. The van der Waals surface area contributed by atoms with Gasteiger partial charge in [-0.3, -0.25) is 4.79 Å². The minimum absolute atomic E-state index is 0.182. The lowest BCUT2D eigenvalue weighted by molar-refractivity contribution is -0.139. The smallest absolute Gasteiger partial charge is 0.341 e. The highest BCUT2D eigenvalue weighted by Gasteiger charge is 2.48. The molecule has 5 nitrogen and oxygen atoms in total. The van der Waals surface area contributed by atoms with E-state index in [1.54, 1.807) is 29.2 Å². The molecule has 130 valence electrons. The van der Waals surface area contributed by atoms with E-state index in [1.807, 2.05) is 7.05 Å². The number of rotatable bonds is 6. The van der Waals surface area contributed by atoms with Gasteiger partial charge in [0.15, 0.2) is 6.61 Å². The van der Waals surface area contributed by atoms with Crippen LogP contribution >= 0.6 is 0 Å². The third kappa shape index (κ3) is 3.89. The van der Waals surface area contributed by atoms with Gasteiger partial charge in [-0.15, -0.1) is 0 Å². The Kier molecular flexibility index (Phi) is 5.07. The molecule has 24 heavy (non-hydrogen) atoms. The van der Waals surface area contributed by atoms with E-state index < -0.39 is 5.97 Å². The standard InChI is InChI=1S/C19H25NO4/c1-20(14-7-9-15(10-8-14)24-12-18(21)22)19(23)17-11-16(17)13-5-3-2-4-6-13/h7-10,13,16-17H,2-6,11-12H2,1H3,(H,21,22). The van der Waals surface area contributed by atoms with Crippen molar-refractivity contribution >= 4 is 17.6 Å². The monoisotopic (exact) mass is 331 g/mol. The molecule has 2 aliphatic carbocycles. The maximum Gasteiger partial charge on any atom is 0.341 e. The van der Waals surface area contributed by atoms with Crippen molar-refractivity contribution in [1.29, 1.82) is 0 Å². The summed E-state index contributed by atoms with van der Waals surface area (Å²) in [6.45, 7) is -0.362. The third-order valence-corrected chi connectivity index (χ3v) is 5.33. The molecule has 0 saturated heterocycles. The van der Waals surface area contributed by atoms with Crippen molar-refractivity contribution in [2.45, 2.75) is 38.5 Å². The van der Waals surface area contributed by atoms with Crippen LogP contribution in [0.25, 0.3) is 0 Å². The molecule has 0 aliphatic heterocycles. The fourth-order valence-corrected chi connectivity index (χ4v) is 3.87. The zero-order chi connectivity index (χ0) is 17.1. The van der Waals surface area contributed by atoms with Crippen molar-refractivity contribution in [1.82, 2.24) is 0 Å². The first kappa shape index (κ1) is 16.8. The topological polar surface area (TPSA) is 66.8 Å². The minimum Gasteiger partial charge on any atom is -0.482 e. The van der Waals surface area contributed by atoms with Crippen molar-refractivity contribution in [3.05, 3.63) is 24.3 Å². The van der Waals surface area contributed by atoms with Crippen LogP contribution in [0, 0.1) is 17.8 Å². The Morgan fingerprint density at radius 3 is 2.46 bits per heavy atom. The average molecular weight is 331 g/mol. The van der Waals surface area contributed by atoms with Gasteiger partial charge in [0.25, 0.3) is 0 Å². The van der Waals surface area contributed by atoms with Crippen molar-refractivity contribution in [2.75, 3.05) is 18.6 Å². The van der Waals surface area contributed by atoms with Gasteiger partial charge in [-0.05, 0) is 42.5 Å². The lowest BCUT2D eigenvalue weighted by atomic mass is 9.85. The molecule has 0 bridgehead atoms. The summed E-state index contributed by atoms with van der Waals surface area (Å²) in [4.78, 5) is 24.9. The van der Waals surface area contributed by atoms with Gasteiger partial charge in [-0.1, -0.05) is 32.1 Å². The van der Waals surface area contributed by atoms with E-state index in [2.05, 4.69) is 0 Å². The second-order valence-corrected chi connectivity index (χ2v) is 6.98. The quantitative estimate of drug-likeness (QED) is 0.868. The summed E-state index contributed by atoms with van der Waals surface area (Å²) in [6, 6.07) is 7.00. The molecule has 0 aromatic heterocycles. The molecular weight excluding hydrogens is 306 g/mol. The molecule has 2 unspecified atom stereocenters. The predicted molar refractivity (Wildman–Crippen MR) is 91.2 cm³/mol. The van der Waals surface area contributed by atoms with Gasteiger partial charge in [0.1, 0.15) is 5.75 Å². The summed E-state index contributed by atoms with van der Waals surface area (Å²) in [5.74, 6) is 1.19. The van der Waals surface area contributed by atoms with E-state index in [9.17, 15) is 9.59 Å². The Bertz CT molecular complexity index is 592. The highest BCUT2D eigenvalue weighted by Crippen LogP contribution is 2.50. The number of carbonyl (C=O) groups excluding carboxylic acids is 1. The Hall–Kier alpha value is -2.04.